The summed E-state index contributed by atoms with van der Waals surface area (Å²) in [6.07, 6.45) is 0. The second kappa shape index (κ2) is 7.85. The fraction of sp³-hybridized carbons (Fsp3) is 0.0952. The molecule has 0 radical (unpaired) electrons. The van der Waals surface area contributed by atoms with Gasteiger partial charge < -0.3 is 0 Å². The Hall–Kier alpha value is -3.30. The molecule has 4 rings (SSSR count). The maximum Gasteiger partial charge on any atom is 0.269 e. The third kappa shape index (κ3) is 4.47. The van der Waals surface area contributed by atoms with E-state index in [0.29, 0.717) is 11.3 Å². The van der Waals surface area contributed by atoms with Gasteiger partial charge in [-0.1, -0.05) is 18.2 Å². The molecule has 1 N–H and O–H groups in total. The van der Waals surface area contributed by atoms with E-state index in [4.69, 9.17) is 0 Å². The third-order valence-electron chi connectivity index (χ3n) is 4.45. The van der Waals surface area contributed by atoms with Crippen molar-refractivity contribution in [1.29, 1.82) is 0 Å². The van der Waals surface area contributed by atoms with Crippen molar-refractivity contribution >= 4 is 43.0 Å². The number of non-ortho nitro benzene ring substituents is 1. The van der Waals surface area contributed by atoms with Crippen LogP contribution in [0.3, 0.4) is 0 Å². The quantitative estimate of drug-likeness (QED) is 0.332. The van der Waals surface area contributed by atoms with Crippen LogP contribution in [0.25, 0.3) is 20.8 Å². The first-order valence-electron chi connectivity index (χ1n) is 9.00. The van der Waals surface area contributed by atoms with Crippen molar-refractivity contribution < 1.29 is 13.3 Å². The van der Waals surface area contributed by atoms with Gasteiger partial charge in [0.2, 0.25) is 10.0 Å². The SMILES string of the molecule is Cc1ccc2nc(-c3ccc(NS(=O)(=O)Cc4ccc([N+](=O)[O-])cc4)cc3)sc2c1. The molecule has 0 saturated heterocycles. The van der Waals surface area contributed by atoms with E-state index in [-0.39, 0.29) is 11.4 Å². The monoisotopic (exact) mass is 439 g/mol. The van der Waals surface area contributed by atoms with Crippen LogP contribution in [0.1, 0.15) is 11.1 Å². The van der Waals surface area contributed by atoms with Gasteiger partial charge in [0.25, 0.3) is 5.69 Å². The Bertz CT molecular complexity index is 1330. The number of aromatic nitrogens is 1. The second-order valence-electron chi connectivity index (χ2n) is 6.85. The topological polar surface area (TPSA) is 102 Å². The summed E-state index contributed by atoms with van der Waals surface area (Å²) in [5.74, 6) is -0.274. The number of nitrogens with zero attached hydrogens (tertiary/aromatic N) is 2. The lowest BCUT2D eigenvalue weighted by Crippen LogP contribution is -2.15. The van der Waals surface area contributed by atoms with Gasteiger partial charge in [-0.15, -0.1) is 11.3 Å². The molecule has 9 heteroatoms. The number of nitro benzene ring substituents is 1. The Kier molecular flexibility index (Phi) is 5.23. The molecule has 7 nitrogen and oxygen atoms in total. The fourth-order valence-corrected chi connectivity index (χ4v) is 5.25. The molecule has 3 aromatic carbocycles. The van der Waals surface area contributed by atoms with Gasteiger partial charge in [-0.3, -0.25) is 14.8 Å². The Morgan fingerprint density at radius 3 is 2.40 bits per heavy atom. The molecule has 1 aromatic heterocycles. The van der Waals surface area contributed by atoms with Gasteiger partial charge in [0, 0.05) is 23.4 Å². The maximum absolute atomic E-state index is 12.4. The predicted molar refractivity (Wildman–Crippen MR) is 119 cm³/mol. The summed E-state index contributed by atoms with van der Waals surface area (Å²) < 4.78 is 28.5. The average molecular weight is 440 g/mol. The van der Waals surface area contributed by atoms with Crippen molar-refractivity contribution in [3.05, 3.63) is 88.0 Å². The van der Waals surface area contributed by atoms with Crippen LogP contribution >= 0.6 is 11.3 Å². The van der Waals surface area contributed by atoms with Gasteiger partial charge in [-0.25, -0.2) is 13.4 Å². The summed E-state index contributed by atoms with van der Waals surface area (Å²) in [6.45, 7) is 2.04. The molecule has 0 fully saturated rings. The number of hydrogen-bond donors (Lipinski definition) is 1. The van der Waals surface area contributed by atoms with Crippen LogP contribution in [-0.2, 0) is 15.8 Å². The standard InChI is InChI=1S/C21H17N3O4S2/c1-14-2-11-19-20(12-14)29-21(22-19)16-5-7-17(8-6-16)23-30(27,28)13-15-3-9-18(10-4-15)24(25)26/h2-12,23H,13H2,1H3. The van der Waals surface area contributed by atoms with E-state index in [1.807, 2.05) is 31.2 Å². The molecule has 0 unspecified atom stereocenters. The Labute approximate surface area is 177 Å². The maximum atomic E-state index is 12.4. The molecule has 0 saturated carbocycles. The zero-order valence-corrected chi connectivity index (χ0v) is 17.5. The molecular weight excluding hydrogens is 422 g/mol. The highest BCUT2D eigenvalue weighted by Crippen LogP contribution is 2.31. The highest BCUT2D eigenvalue weighted by atomic mass is 32.2. The minimum Gasteiger partial charge on any atom is -0.283 e. The minimum atomic E-state index is -3.66. The number of hydrogen-bond acceptors (Lipinski definition) is 6. The highest BCUT2D eigenvalue weighted by Gasteiger charge is 2.14. The Morgan fingerprint density at radius 2 is 1.73 bits per heavy atom. The van der Waals surface area contributed by atoms with Crippen LogP contribution in [0.4, 0.5) is 11.4 Å². The lowest BCUT2D eigenvalue weighted by molar-refractivity contribution is -0.384. The van der Waals surface area contributed by atoms with Gasteiger partial charge in [-0.05, 0) is 54.4 Å². The molecule has 152 valence electrons. The van der Waals surface area contributed by atoms with Crippen molar-refractivity contribution in [1.82, 2.24) is 4.98 Å². The number of nitrogens with one attached hydrogen (secondary N) is 1. The Balaban J connectivity index is 1.48. The number of anilines is 1. The molecule has 0 aliphatic carbocycles. The molecule has 0 spiro atoms. The van der Waals surface area contributed by atoms with Crippen LogP contribution in [0.2, 0.25) is 0 Å². The molecule has 0 aliphatic rings. The number of fused-ring (bicyclic) bond motifs is 1. The molecule has 4 aromatic rings. The zero-order chi connectivity index (χ0) is 21.3. The van der Waals surface area contributed by atoms with E-state index < -0.39 is 14.9 Å². The van der Waals surface area contributed by atoms with E-state index in [1.165, 1.54) is 29.8 Å². The first kappa shape index (κ1) is 20.0. The number of nitro groups is 1. The predicted octanol–water partition coefficient (Wildman–Crippen LogP) is 5.12. The second-order valence-corrected chi connectivity index (χ2v) is 9.61. The van der Waals surface area contributed by atoms with Crippen molar-refractivity contribution in [3.8, 4) is 10.6 Å². The van der Waals surface area contributed by atoms with Crippen LogP contribution in [-0.4, -0.2) is 18.3 Å². The lowest BCUT2D eigenvalue weighted by atomic mass is 10.2. The lowest BCUT2D eigenvalue weighted by Gasteiger charge is -2.08. The molecule has 0 amide bonds. The summed E-state index contributed by atoms with van der Waals surface area (Å²) in [6, 6.07) is 18.6. The first-order valence-corrected chi connectivity index (χ1v) is 11.5. The third-order valence-corrected chi connectivity index (χ3v) is 6.78. The van der Waals surface area contributed by atoms with E-state index in [1.54, 1.807) is 23.5 Å². The summed E-state index contributed by atoms with van der Waals surface area (Å²) in [4.78, 5) is 14.8. The molecule has 0 bridgehead atoms. The fourth-order valence-electron chi connectivity index (χ4n) is 2.99. The molecule has 0 aliphatic heterocycles. The van der Waals surface area contributed by atoms with Crippen molar-refractivity contribution in [3.63, 3.8) is 0 Å². The molecule has 1 heterocycles. The number of thiazole rings is 1. The summed E-state index contributed by atoms with van der Waals surface area (Å²) >= 11 is 1.59. The highest BCUT2D eigenvalue weighted by molar-refractivity contribution is 7.91. The number of rotatable bonds is 6. The van der Waals surface area contributed by atoms with Gasteiger partial charge in [0.1, 0.15) is 5.01 Å². The Morgan fingerprint density at radius 1 is 1.03 bits per heavy atom. The largest absolute Gasteiger partial charge is 0.283 e. The molecular formula is C21H17N3O4S2. The smallest absolute Gasteiger partial charge is 0.269 e. The van der Waals surface area contributed by atoms with Gasteiger partial charge in [0.15, 0.2) is 0 Å². The molecule has 30 heavy (non-hydrogen) atoms. The first-order chi connectivity index (χ1) is 14.3. The van der Waals surface area contributed by atoms with Crippen molar-refractivity contribution in [2.45, 2.75) is 12.7 Å². The average Bonchev–Trinajstić information content (AvgIpc) is 3.11. The van der Waals surface area contributed by atoms with Crippen molar-refractivity contribution in [2.24, 2.45) is 0 Å². The van der Waals surface area contributed by atoms with Gasteiger partial charge >= 0.3 is 0 Å². The van der Waals surface area contributed by atoms with Crippen LogP contribution in [0.15, 0.2) is 66.7 Å². The summed E-state index contributed by atoms with van der Waals surface area (Å²) in [5.41, 5.74) is 3.85. The van der Waals surface area contributed by atoms with Crippen LogP contribution in [0.5, 0.6) is 0 Å². The van der Waals surface area contributed by atoms with Crippen molar-refractivity contribution in [2.75, 3.05) is 4.72 Å². The van der Waals surface area contributed by atoms with Gasteiger partial charge in [-0.2, -0.15) is 0 Å². The number of sulfonamides is 1. The van der Waals surface area contributed by atoms with Crippen LogP contribution < -0.4 is 4.72 Å². The van der Waals surface area contributed by atoms with E-state index in [0.717, 1.165) is 20.8 Å². The van der Waals surface area contributed by atoms with E-state index >= 15 is 0 Å². The summed E-state index contributed by atoms with van der Waals surface area (Å²) in [5, 5.41) is 11.6. The van der Waals surface area contributed by atoms with Gasteiger partial charge in [0.05, 0.1) is 20.9 Å². The normalized spacial score (nSPS) is 11.5. The number of aryl methyl sites for hydroxylation is 1. The minimum absolute atomic E-state index is 0.0790. The van der Waals surface area contributed by atoms with Crippen LogP contribution in [0, 0.1) is 17.0 Å². The number of benzene rings is 3. The van der Waals surface area contributed by atoms with E-state index in [9.17, 15) is 18.5 Å². The summed E-state index contributed by atoms with van der Waals surface area (Å²) in [7, 11) is -3.66. The molecule has 0 atom stereocenters. The van der Waals surface area contributed by atoms with E-state index in [2.05, 4.69) is 15.8 Å². The zero-order valence-electron chi connectivity index (χ0n) is 15.9.